The van der Waals surface area contributed by atoms with Crippen molar-refractivity contribution >= 4 is 46.9 Å². The summed E-state index contributed by atoms with van der Waals surface area (Å²) in [5.74, 6) is -12.5. The van der Waals surface area contributed by atoms with Gasteiger partial charge in [0.25, 0.3) is 11.8 Å². The molecule has 0 heterocycles. The summed E-state index contributed by atoms with van der Waals surface area (Å²) < 4.78 is 94.8. The van der Waals surface area contributed by atoms with E-state index >= 15 is 0 Å². The van der Waals surface area contributed by atoms with Gasteiger partial charge in [0.05, 0.1) is 5.25 Å². The Kier molecular flexibility index (Phi) is 10.8. The van der Waals surface area contributed by atoms with Crippen LogP contribution in [0.5, 0.6) is 0 Å². The third kappa shape index (κ3) is 8.38. The second-order valence-electron chi connectivity index (χ2n) is 9.97. The van der Waals surface area contributed by atoms with Gasteiger partial charge in [-0.05, 0) is 67.4 Å². The highest BCUT2D eigenvalue weighted by Crippen LogP contribution is 2.38. The molecule has 4 aromatic carbocycles. The van der Waals surface area contributed by atoms with Crippen molar-refractivity contribution in [3.63, 3.8) is 0 Å². The van der Waals surface area contributed by atoms with Gasteiger partial charge in [0.1, 0.15) is 16.9 Å². The molecule has 0 bridgehead atoms. The van der Waals surface area contributed by atoms with Gasteiger partial charge < -0.3 is 16.0 Å². The van der Waals surface area contributed by atoms with E-state index < -0.39 is 63.7 Å². The van der Waals surface area contributed by atoms with Crippen molar-refractivity contribution in [1.29, 1.82) is 0 Å². The van der Waals surface area contributed by atoms with Gasteiger partial charge in [-0.3, -0.25) is 14.4 Å². The van der Waals surface area contributed by atoms with Crippen molar-refractivity contribution in [1.82, 2.24) is 5.32 Å². The standard InChI is InChI=1S/C33H24F7N3O3S/c1-17-8-6-7-11-20(17)16-23(42-31(45)19-9-4-3-5-10-19)32(46)41-21-12-14-22(15-13-21)47-18(2)30(44)43-29-27(36)25(34)24(33(38,39)40)26(35)28(29)37/h3-16,18H,1-2H3,(H,41,46)(H,42,45)(H,43,44)/b23-16-. The van der Waals surface area contributed by atoms with Crippen LogP contribution in [0.4, 0.5) is 42.1 Å². The molecule has 0 radical (unpaired) electrons. The molecule has 3 amide bonds. The minimum Gasteiger partial charge on any atom is -0.321 e. The third-order valence-electron chi connectivity index (χ3n) is 6.61. The Morgan fingerprint density at radius 1 is 0.766 bits per heavy atom. The lowest BCUT2D eigenvalue weighted by molar-refractivity contribution is -0.143. The van der Waals surface area contributed by atoms with E-state index in [9.17, 15) is 45.1 Å². The first-order valence-corrected chi connectivity index (χ1v) is 14.5. The van der Waals surface area contributed by atoms with Crippen LogP contribution in [-0.2, 0) is 15.8 Å². The number of anilines is 2. The molecule has 0 aliphatic rings. The predicted octanol–water partition coefficient (Wildman–Crippen LogP) is 8.10. The Balaban J connectivity index is 1.46. The molecule has 0 fully saturated rings. The SMILES string of the molecule is Cc1ccccc1/C=C(\NC(=O)c1ccccc1)C(=O)Nc1ccc(SC(C)C(=O)Nc2c(F)c(F)c(C(F)(F)F)c(F)c2F)cc1. The zero-order chi connectivity index (χ0) is 34.5. The number of alkyl halides is 3. The monoisotopic (exact) mass is 675 g/mol. The number of benzene rings is 4. The van der Waals surface area contributed by atoms with E-state index in [2.05, 4.69) is 10.6 Å². The molecule has 0 saturated carbocycles. The van der Waals surface area contributed by atoms with E-state index in [0.29, 0.717) is 21.7 Å². The molecule has 0 aromatic heterocycles. The van der Waals surface area contributed by atoms with Crippen LogP contribution in [0.1, 0.15) is 34.0 Å². The van der Waals surface area contributed by atoms with E-state index in [-0.39, 0.29) is 5.70 Å². The number of thioether (sulfide) groups is 1. The van der Waals surface area contributed by atoms with Gasteiger partial charge in [-0.1, -0.05) is 42.5 Å². The van der Waals surface area contributed by atoms with Crippen LogP contribution < -0.4 is 16.0 Å². The Morgan fingerprint density at radius 3 is 1.91 bits per heavy atom. The lowest BCUT2D eigenvalue weighted by atomic mass is 10.1. The minimum absolute atomic E-state index is 0.0486. The highest BCUT2D eigenvalue weighted by atomic mass is 32.2. The van der Waals surface area contributed by atoms with Crippen molar-refractivity contribution in [2.45, 2.75) is 30.2 Å². The Bertz CT molecular complexity index is 1820. The normalized spacial score (nSPS) is 12.3. The molecule has 4 aromatic rings. The van der Waals surface area contributed by atoms with Gasteiger partial charge >= 0.3 is 6.18 Å². The number of carbonyl (C=O) groups is 3. The first kappa shape index (κ1) is 34.8. The molecule has 0 spiro atoms. The summed E-state index contributed by atoms with van der Waals surface area (Å²) in [4.78, 5) is 39.1. The first-order valence-electron chi connectivity index (χ1n) is 13.6. The number of amides is 3. The fraction of sp³-hybridized carbons (Fsp3) is 0.121. The second-order valence-corrected chi connectivity index (χ2v) is 11.4. The van der Waals surface area contributed by atoms with Crippen LogP contribution in [0.3, 0.4) is 0 Å². The first-order chi connectivity index (χ1) is 22.2. The number of rotatable bonds is 9. The molecule has 244 valence electrons. The van der Waals surface area contributed by atoms with E-state index in [4.69, 9.17) is 0 Å². The van der Waals surface area contributed by atoms with Crippen molar-refractivity contribution in [3.05, 3.63) is 130 Å². The Hall–Kier alpha value is -5.11. The zero-order valence-corrected chi connectivity index (χ0v) is 25.3. The molecule has 3 N–H and O–H groups in total. The molecule has 4 rings (SSSR count). The molecule has 0 saturated heterocycles. The van der Waals surface area contributed by atoms with Crippen LogP contribution in [0.25, 0.3) is 6.08 Å². The molecule has 47 heavy (non-hydrogen) atoms. The number of carbonyl (C=O) groups excluding carboxylic acids is 3. The minimum atomic E-state index is -5.72. The maximum Gasteiger partial charge on any atom is 0.422 e. The van der Waals surface area contributed by atoms with E-state index in [1.54, 1.807) is 47.8 Å². The summed E-state index contributed by atoms with van der Waals surface area (Å²) >= 11 is 0.836. The van der Waals surface area contributed by atoms with Gasteiger partial charge in [-0.2, -0.15) is 13.2 Å². The molecule has 14 heteroatoms. The van der Waals surface area contributed by atoms with Crippen molar-refractivity contribution in [2.24, 2.45) is 0 Å². The average molecular weight is 676 g/mol. The molecule has 0 aliphatic carbocycles. The van der Waals surface area contributed by atoms with Crippen molar-refractivity contribution in [3.8, 4) is 0 Å². The number of hydrogen-bond acceptors (Lipinski definition) is 4. The Labute approximate surface area is 268 Å². The van der Waals surface area contributed by atoms with Crippen LogP contribution in [0.2, 0.25) is 0 Å². The fourth-order valence-electron chi connectivity index (χ4n) is 4.13. The molecule has 6 nitrogen and oxygen atoms in total. The maximum absolute atomic E-state index is 14.2. The van der Waals surface area contributed by atoms with Crippen molar-refractivity contribution in [2.75, 3.05) is 10.6 Å². The predicted molar refractivity (Wildman–Crippen MR) is 163 cm³/mol. The van der Waals surface area contributed by atoms with Gasteiger partial charge in [0.2, 0.25) is 5.91 Å². The van der Waals surface area contributed by atoms with Crippen LogP contribution in [0.15, 0.2) is 89.5 Å². The quantitative estimate of drug-likeness (QED) is 0.0725. The molecule has 1 unspecified atom stereocenters. The lowest BCUT2D eigenvalue weighted by Gasteiger charge is -2.16. The van der Waals surface area contributed by atoms with Gasteiger partial charge in [0.15, 0.2) is 23.3 Å². The highest BCUT2D eigenvalue weighted by molar-refractivity contribution is 8.00. The second kappa shape index (κ2) is 14.5. The summed E-state index contributed by atoms with van der Waals surface area (Å²) in [6, 6.07) is 21.4. The number of nitrogens with one attached hydrogen (secondary N) is 3. The van der Waals surface area contributed by atoms with Crippen LogP contribution >= 0.6 is 11.8 Å². The summed E-state index contributed by atoms with van der Waals surface area (Å²) in [6.45, 7) is 3.12. The number of hydrogen-bond donors (Lipinski definition) is 3. The number of aryl methyl sites for hydroxylation is 1. The van der Waals surface area contributed by atoms with Crippen molar-refractivity contribution < 1.29 is 45.1 Å². The largest absolute Gasteiger partial charge is 0.422 e. The third-order valence-corrected chi connectivity index (χ3v) is 7.72. The van der Waals surface area contributed by atoms with Gasteiger partial charge in [-0.15, -0.1) is 11.8 Å². The van der Waals surface area contributed by atoms with E-state index in [0.717, 1.165) is 17.3 Å². The molecular formula is C33H24F7N3O3S. The summed E-state index contributed by atoms with van der Waals surface area (Å²) in [7, 11) is 0. The molecule has 0 aliphatic heterocycles. The summed E-state index contributed by atoms with van der Waals surface area (Å²) in [5, 5.41) is 5.75. The fourth-order valence-corrected chi connectivity index (χ4v) is 5.00. The highest BCUT2D eigenvalue weighted by Gasteiger charge is 2.42. The molecular weight excluding hydrogens is 651 g/mol. The smallest absolute Gasteiger partial charge is 0.321 e. The summed E-state index contributed by atoms with van der Waals surface area (Å²) in [6.07, 6.45) is -4.20. The topological polar surface area (TPSA) is 87.3 Å². The van der Waals surface area contributed by atoms with E-state index in [1.165, 1.54) is 37.3 Å². The summed E-state index contributed by atoms with van der Waals surface area (Å²) in [5.41, 5.74) is -2.34. The maximum atomic E-state index is 14.2. The van der Waals surface area contributed by atoms with Gasteiger partial charge in [-0.25, -0.2) is 17.6 Å². The van der Waals surface area contributed by atoms with Gasteiger partial charge in [0, 0.05) is 16.1 Å². The van der Waals surface area contributed by atoms with Crippen LogP contribution in [0, 0.1) is 30.2 Å². The van der Waals surface area contributed by atoms with E-state index in [1.807, 2.05) is 19.1 Å². The Morgan fingerprint density at radius 2 is 1.34 bits per heavy atom. The average Bonchev–Trinajstić information content (AvgIpc) is 3.03. The van der Waals surface area contributed by atoms with Crippen LogP contribution in [-0.4, -0.2) is 23.0 Å². The number of halogens is 7. The molecule has 1 atom stereocenters. The lowest BCUT2D eigenvalue weighted by Crippen LogP contribution is -2.30. The zero-order valence-electron chi connectivity index (χ0n) is 24.4.